The van der Waals surface area contributed by atoms with Gasteiger partial charge in [-0.2, -0.15) is 0 Å². The summed E-state index contributed by atoms with van der Waals surface area (Å²) in [4.78, 5) is 0. The van der Waals surface area contributed by atoms with Gasteiger partial charge in [0, 0.05) is 0 Å². The second-order valence-corrected chi connectivity index (χ2v) is 4.64. The summed E-state index contributed by atoms with van der Waals surface area (Å²) < 4.78 is 0. The van der Waals surface area contributed by atoms with Gasteiger partial charge in [-0.3, -0.25) is 0 Å². The van der Waals surface area contributed by atoms with E-state index in [4.69, 9.17) is 0 Å². The van der Waals surface area contributed by atoms with Crippen molar-refractivity contribution in [3.63, 3.8) is 0 Å². The number of terminal acetylenes is 1. The van der Waals surface area contributed by atoms with Crippen LogP contribution in [0.4, 0.5) is 0 Å². The Bertz CT molecular complexity index is 484. The zero-order chi connectivity index (χ0) is 13.5. The number of rotatable bonds is 2. The Hall–Kier alpha value is -2.00. The third-order valence-corrected chi connectivity index (χ3v) is 2.96. The fourth-order valence-corrected chi connectivity index (χ4v) is 1.81. The van der Waals surface area contributed by atoms with E-state index in [0.29, 0.717) is 5.92 Å². The molecule has 0 bridgehead atoms. The third kappa shape index (κ3) is 3.50. The first-order valence-electron chi connectivity index (χ1n) is 6.17. The molecule has 0 spiro atoms. The van der Waals surface area contributed by atoms with Crippen LogP contribution in [0.15, 0.2) is 48.5 Å². The molecule has 92 valence electrons. The normalized spacial score (nSPS) is 9.67. The van der Waals surface area contributed by atoms with Crippen LogP contribution in [0.2, 0.25) is 0 Å². The van der Waals surface area contributed by atoms with Crippen molar-refractivity contribution in [1.82, 2.24) is 0 Å². The minimum atomic E-state index is 0.604. The summed E-state index contributed by atoms with van der Waals surface area (Å²) in [5, 5.41) is 0. The lowest BCUT2D eigenvalue weighted by Crippen LogP contribution is -1.86. The van der Waals surface area contributed by atoms with Crippen molar-refractivity contribution in [2.45, 2.75) is 26.7 Å². The lowest BCUT2D eigenvalue weighted by molar-refractivity contribution is 0.867. The van der Waals surface area contributed by atoms with E-state index in [9.17, 15) is 0 Å². The van der Waals surface area contributed by atoms with Gasteiger partial charge in [-0.25, -0.2) is 0 Å². The zero-order valence-electron chi connectivity index (χ0n) is 11.4. The van der Waals surface area contributed by atoms with Gasteiger partial charge in [-0.15, -0.1) is 12.8 Å². The Morgan fingerprint density at radius 2 is 1.11 bits per heavy atom. The highest BCUT2D eigenvalue weighted by Crippen LogP contribution is 2.22. The van der Waals surface area contributed by atoms with Crippen LogP contribution in [-0.2, 0) is 0 Å². The van der Waals surface area contributed by atoms with Gasteiger partial charge in [0.1, 0.15) is 0 Å². The molecule has 0 atom stereocenters. The molecule has 0 heterocycles. The van der Waals surface area contributed by atoms with Crippen LogP contribution in [0.1, 0.15) is 30.9 Å². The fourth-order valence-electron chi connectivity index (χ4n) is 1.81. The van der Waals surface area contributed by atoms with Crippen LogP contribution in [0.3, 0.4) is 0 Å². The second-order valence-electron chi connectivity index (χ2n) is 4.64. The molecule has 0 aliphatic carbocycles. The van der Waals surface area contributed by atoms with Gasteiger partial charge in [0.25, 0.3) is 0 Å². The summed E-state index contributed by atoms with van der Waals surface area (Å²) in [5.41, 5.74) is 5.30. The molecule has 0 radical (unpaired) electrons. The lowest BCUT2D eigenvalue weighted by Gasteiger charge is -2.07. The Morgan fingerprint density at radius 1 is 0.722 bits per heavy atom. The summed E-state index contributed by atoms with van der Waals surface area (Å²) in [7, 11) is 0. The summed E-state index contributed by atoms with van der Waals surface area (Å²) in [6.45, 7) is 6.56. The molecule has 0 amide bonds. The van der Waals surface area contributed by atoms with E-state index < -0.39 is 0 Å². The van der Waals surface area contributed by atoms with E-state index in [0.717, 1.165) is 0 Å². The quantitative estimate of drug-likeness (QED) is 0.641. The maximum atomic E-state index is 4.00. The molecule has 0 aliphatic rings. The number of benzene rings is 2. The highest BCUT2D eigenvalue weighted by Gasteiger charge is 2.00. The number of aryl methyl sites for hydroxylation is 1. The maximum Gasteiger partial charge on any atom is -0.0184 e. The minimum absolute atomic E-state index is 0.604. The van der Waals surface area contributed by atoms with Gasteiger partial charge in [-0.05, 0) is 29.5 Å². The van der Waals surface area contributed by atoms with Crippen molar-refractivity contribution in [1.29, 1.82) is 0 Å². The maximum absolute atomic E-state index is 4.00. The topological polar surface area (TPSA) is 0 Å². The molecule has 0 heteroatoms. The molecule has 0 aromatic heterocycles. The molecule has 2 aromatic rings. The molecule has 18 heavy (non-hydrogen) atoms. The first kappa shape index (κ1) is 14.1. The van der Waals surface area contributed by atoms with Crippen molar-refractivity contribution >= 4 is 0 Å². The molecule has 0 saturated carbocycles. The average molecular weight is 236 g/mol. The van der Waals surface area contributed by atoms with Crippen LogP contribution >= 0.6 is 0 Å². The summed E-state index contributed by atoms with van der Waals surface area (Å²) >= 11 is 0. The van der Waals surface area contributed by atoms with E-state index in [2.05, 4.69) is 82.1 Å². The fraction of sp³-hybridized carbons (Fsp3) is 0.222. The first-order valence-corrected chi connectivity index (χ1v) is 6.17. The van der Waals surface area contributed by atoms with Gasteiger partial charge in [0.2, 0.25) is 0 Å². The van der Waals surface area contributed by atoms with E-state index in [1.165, 1.54) is 22.3 Å². The van der Waals surface area contributed by atoms with Crippen LogP contribution in [-0.4, -0.2) is 0 Å². The minimum Gasteiger partial charge on any atom is -0.124 e. The first-order chi connectivity index (χ1) is 8.66. The monoisotopic (exact) mass is 236 g/mol. The Balaban J connectivity index is 0.000000771. The molecule has 0 unspecified atom stereocenters. The predicted octanol–water partition coefficient (Wildman–Crippen LogP) is 5.03. The van der Waals surface area contributed by atoms with Crippen LogP contribution in [0.25, 0.3) is 11.1 Å². The third-order valence-electron chi connectivity index (χ3n) is 2.96. The highest BCUT2D eigenvalue weighted by molar-refractivity contribution is 5.64. The van der Waals surface area contributed by atoms with Gasteiger partial charge in [0.05, 0.1) is 0 Å². The summed E-state index contributed by atoms with van der Waals surface area (Å²) in [5.74, 6) is 0.604. The Kier molecular flexibility index (Phi) is 5.21. The van der Waals surface area contributed by atoms with Gasteiger partial charge < -0.3 is 0 Å². The van der Waals surface area contributed by atoms with Gasteiger partial charge in [-0.1, -0.05) is 67.9 Å². The van der Waals surface area contributed by atoms with Crippen molar-refractivity contribution in [2.75, 3.05) is 0 Å². The highest BCUT2D eigenvalue weighted by atomic mass is 14.1. The SMILES string of the molecule is C#C.Cc1ccc(-c2ccc(C(C)C)cc2)cc1. The second kappa shape index (κ2) is 6.67. The number of hydrogen-bond acceptors (Lipinski definition) is 0. The van der Waals surface area contributed by atoms with Crippen molar-refractivity contribution in [3.05, 3.63) is 59.7 Å². The summed E-state index contributed by atoms with van der Waals surface area (Å²) in [6, 6.07) is 17.5. The Labute approximate surface area is 111 Å². The standard InChI is InChI=1S/C16H18.C2H2/c1-12(2)14-8-10-16(11-9-14)15-6-4-13(3)5-7-15;1-2/h4-12H,1-3H3;1-2H. The van der Waals surface area contributed by atoms with Crippen molar-refractivity contribution < 1.29 is 0 Å². The Morgan fingerprint density at radius 3 is 1.50 bits per heavy atom. The van der Waals surface area contributed by atoms with E-state index in [-0.39, 0.29) is 0 Å². The summed E-state index contributed by atoms with van der Waals surface area (Å²) in [6.07, 6.45) is 8.00. The van der Waals surface area contributed by atoms with E-state index in [1.54, 1.807) is 0 Å². The molecule has 0 aliphatic heterocycles. The molecule has 0 nitrogen and oxygen atoms in total. The average Bonchev–Trinajstić information content (AvgIpc) is 2.42. The van der Waals surface area contributed by atoms with Crippen molar-refractivity contribution in [3.8, 4) is 24.0 Å². The molecular formula is C18H20. The van der Waals surface area contributed by atoms with Gasteiger partial charge >= 0.3 is 0 Å². The largest absolute Gasteiger partial charge is 0.124 e. The van der Waals surface area contributed by atoms with E-state index >= 15 is 0 Å². The number of hydrogen-bond donors (Lipinski definition) is 0. The van der Waals surface area contributed by atoms with E-state index in [1.807, 2.05) is 0 Å². The van der Waals surface area contributed by atoms with Crippen LogP contribution in [0.5, 0.6) is 0 Å². The smallest absolute Gasteiger partial charge is 0.0184 e. The van der Waals surface area contributed by atoms with Crippen LogP contribution in [0, 0.1) is 19.8 Å². The molecule has 2 aromatic carbocycles. The molecule has 0 N–H and O–H groups in total. The molecule has 0 fully saturated rings. The lowest BCUT2D eigenvalue weighted by atomic mass is 9.98. The predicted molar refractivity (Wildman–Crippen MR) is 80.6 cm³/mol. The van der Waals surface area contributed by atoms with Crippen LogP contribution < -0.4 is 0 Å². The van der Waals surface area contributed by atoms with Crippen molar-refractivity contribution in [2.24, 2.45) is 0 Å². The molecular weight excluding hydrogens is 216 g/mol. The molecule has 2 rings (SSSR count). The van der Waals surface area contributed by atoms with Gasteiger partial charge in [0.15, 0.2) is 0 Å². The molecule has 0 saturated heterocycles. The zero-order valence-corrected chi connectivity index (χ0v) is 11.4.